The number of carbonyl (C=O) groups excluding carboxylic acids is 1. The van der Waals surface area contributed by atoms with Crippen molar-refractivity contribution in [1.29, 1.82) is 0 Å². The summed E-state index contributed by atoms with van der Waals surface area (Å²) in [6, 6.07) is 14.4. The predicted octanol–water partition coefficient (Wildman–Crippen LogP) is 7.93. The van der Waals surface area contributed by atoms with Gasteiger partial charge in [0.25, 0.3) is 5.69 Å². The molecule has 0 N–H and O–H groups in total. The van der Waals surface area contributed by atoms with Crippen LogP contribution in [0.25, 0.3) is 0 Å². The molecule has 6 nitrogen and oxygen atoms in total. The van der Waals surface area contributed by atoms with Crippen LogP contribution in [0.3, 0.4) is 0 Å². The minimum absolute atomic E-state index is 0.0810. The third-order valence-corrected chi connectivity index (χ3v) is 6.29. The van der Waals surface area contributed by atoms with E-state index >= 15 is 0 Å². The molecule has 0 fully saturated rings. The van der Waals surface area contributed by atoms with Gasteiger partial charge in [-0.3, -0.25) is 10.1 Å². The SMILES string of the molecule is CCCCCCCCCCCC(=NOC(C)=O)c1ccc(Sc2ccc([N+](=O)[O-])cc2)cc1. The van der Waals surface area contributed by atoms with Crippen LogP contribution < -0.4 is 0 Å². The maximum Gasteiger partial charge on any atom is 0.331 e. The van der Waals surface area contributed by atoms with Crippen LogP contribution in [-0.4, -0.2) is 16.6 Å². The van der Waals surface area contributed by atoms with E-state index in [9.17, 15) is 14.9 Å². The van der Waals surface area contributed by atoms with Crippen LogP contribution in [0.1, 0.15) is 83.6 Å². The van der Waals surface area contributed by atoms with Crippen molar-refractivity contribution >= 4 is 29.1 Å². The van der Waals surface area contributed by atoms with Gasteiger partial charge in [-0.2, -0.15) is 0 Å². The number of non-ortho nitro benzene ring substituents is 1. The summed E-state index contributed by atoms with van der Waals surface area (Å²) in [5, 5.41) is 14.9. The number of rotatable bonds is 15. The zero-order valence-corrected chi connectivity index (χ0v) is 20.4. The maximum absolute atomic E-state index is 11.3. The number of oxime groups is 1. The van der Waals surface area contributed by atoms with Gasteiger partial charge in [0.05, 0.1) is 10.6 Å². The number of hydrogen-bond donors (Lipinski definition) is 0. The summed E-state index contributed by atoms with van der Waals surface area (Å²) in [6.45, 7) is 3.59. The second-order valence-electron chi connectivity index (χ2n) is 8.08. The first kappa shape index (κ1) is 26.6. The molecule has 0 aromatic heterocycles. The summed E-state index contributed by atoms with van der Waals surface area (Å²) in [7, 11) is 0. The molecule has 0 bridgehead atoms. The topological polar surface area (TPSA) is 81.8 Å². The van der Waals surface area contributed by atoms with Crippen molar-refractivity contribution < 1.29 is 14.6 Å². The van der Waals surface area contributed by atoms with E-state index in [0.29, 0.717) is 0 Å². The molecule has 0 aliphatic heterocycles. The van der Waals surface area contributed by atoms with Gasteiger partial charge in [0.1, 0.15) is 0 Å². The fourth-order valence-electron chi connectivity index (χ4n) is 3.45. The third kappa shape index (κ3) is 10.7. The minimum atomic E-state index is -0.426. The summed E-state index contributed by atoms with van der Waals surface area (Å²) in [4.78, 5) is 28.5. The fourth-order valence-corrected chi connectivity index (χ4v) is 4.27. The van der Waals surface area contributed by atoms with Crippen molar-refractivity contribution in [3.05, 3.63) is 64.2 Å². The van der Waals surface area contributed by atoms with Crippen molar-refractivity contribution in [3.8, 4) is 0 Å². The molecule has 2 rings (SSSR count). The average Bonchev–Trinajstić information content (AvgIpc) is 2.81. The lowest BCUT2D eigenvalue weighted by Crippen LogP contribution is -2.04. The lowest BCUT2D eigenvalue weighted by Gasteiger charge is -2.08. The van der Waals surface area contributed by atoms with E-state index in [-0.39, 0.29) is 5.69 Å². The highest BCUT2D eigenvalue weighted by Crippen LogP contribution is 2.29. The van der Waals surface area contributed by atoms with Crippen LogP contribution in [0, 0.1) is 10.1 Å². The zero-order chi connectivity index (χ0) is 23.9. The highest BCUT2D eigenvalue weighted by molar-refractivity contribution is 7.99. The smallest absolute Gasteiger partial charge is 0.318 e. The van der Waals surface area contributed by atoms with Gasteiger partial charge in [-0.1, -0.05) is 87.3 Å². The number of nitro groups is 1. The Morgan fingerprint density at radius 3 is 1.91 bits per heavy atom. The van der Waals surface area contributed by atoms with Gasteiger partial charge in [0.15, 0.2) is 0 Å². The minimum Gasteiger partial charge on any atom is -0.318 e. The van der Waals surface area contributed by atoms with Crippen LogP contribution in [0.15, 0.2) is 63.5 Å². The van der Waals surface area contributed by atoms with Crippen LogP contribution >= 0.6 is 11.8 Å². The Kier molecular flexibility index (Phi) is 12.3. The van der Waals surface area contributed by atoms with E-state index in [0.717, 1.165) is 40.3 Å². The normalized spacial score (nSPS) is 11.4. The molecule has 0 unspecified atom stereocenters. The van der Waals surface area contributed by atoms with Gasteiger partial charge in [-0.15, -0.1) is 0 Å². The van der Waals surface area contributed by atoms with E-state index in [1.54, 1.807) is 12.1 Å². The first-order valence-electron chi connectivity index (χ1n) is 11.8. The van der Waals surface area contributed by atoms with E-state index in [2.05, 4.69) is 12.1 Å². The lowest BCUT2D eigenvalue weighted by molar-refractivity contribution is -0.384. The van der Waals surface area contributed by atoms with Gasteiger partial charge >= 0.3 is 5.97 Å². The van der Waals surface area contributed by atoms with Crippen molar-refractivity contribution in [3.63, 3.8) is 0 Å². The quantitative estimate of drug-likeness (QED) is 0.0867. The first-order chi connectivity index (χ1) is 16.0. The van der Waals surface area contributed by atoms with Crippen molar-refractivity contribution in [2.75, 3.05) is 0 Å². The number of nitro benzene ring substituents is 1. The van der Waals surface area contributed by atoms with Crippen LogP contribution in [0.2, 0.25) is 0 Å². The Hall–Kier alpha value is -2.67. The molecule has 2 aromatic rings. The van der Waals surface area contributed by atoms with Gasteiger partial charge in [-0.05, 0) is 42.7 Å². The van der Waals surface area contributed by atoms with Gasteiger partial charge in [0.2, 0.25) is 0 Å². The molecule has 0 saturated carbocycles. The monoisotopic (exact) mass is 470 g/mol. The van der Waals surface area contributed by atoms with Crippen molar-refractivity contribution in [2.45, 2.75) is 87.8 Å². The molecular weight excluding hydrogens is 436 g/mol. The number of hydrogen-bond acceptors (Lipinski definition) is 6. The standard InChI is InChI=1S/C26H34N2O4S/c1-3-4-5-6-7-8-9-10-11-12-26(27-32-21(2)29)22-13-17-24(18-14-22)33-25-19-15-23(16-20-25)28(30)31/h13-20H,3-12H2,1-2H3. The molecule has 0 aliphatic carbocycles. The van der Waals surface area contributed by atoms with E-state index in [4.69, 9.17) is 4.84 Å². The summed E-state index contributed by atoms with van der Waals surface area (Å²) >= 11 is 1.53. The molecule has 178 valence electrons. The maximum atomic E-state index is 11.3. The second-order valence-corrected chi connectivity index (χ2v) is 9.22. The number of carbonyl (C=O) groups is 1. The van der Waals surface area contributed by atoms with Crippen LogP contribution in [0.5, 0.6) is 0 Å². The molecule has 0 saturated heterocycles. The molecule has 7 heteroatoms. The molecule has 0 aliphatic rings. The third-order valence-electron chi connectivity index (χ3n) is 5.27. The lowest BCUT2D eigenvalue weighted by atomic mass is 10.0. The Bertz CT molecular complexity index is 896. The Morgan fingerprint density at radius 2 is 1.39 bits per heavy atom. The largest absolute Gasteiger partial charge is 0.331 e. The van der Waals surface area contributed by atoms with Crippen molar-refractivity contribution in [2.24, 2.45) is 5.16 Å². The van der Waals surface area contributed by atoms with Crippen LogP contribution in [0.4, 0.5) is 5.69 Å². The number of benzene rings is 2. The average molecular weight is 471 g/mol. The second kappa shape index (κ2) is 15.2. The number of unbranched alkanes of at least 4 members (excludes halogenated alkanes) is 8. The molecule has 33 heavy (non-hydrogen) atoms. The van der Waals surface area contributed by atoms with Gasteiger partial charge in [-0.25, -0.2) is 4.79 Å². The van der Waals surface area contributed by atoms with Crippen LogP contribution in [-0.2, 0) is 9.63 Å². The fraction of sp³-hybridized carbons (Fsp3) is 0.462. The molecular formula is C26H34N2O4S. The van der Waals surface area contributed by atoms with Gasteiger partial charge in [0, 0.05) is 28.8 Å². The molecule has 0 amide bonds. The molecule has 0 atom stereocenters. The zero-order valence-electron chi connectivity index (χ0n) is 19.6. The predicted molar refractivity (Wildman–Crippen MR) is 134 cm³/mol. The molecule has 0 radical (unpaired) electrons. The summed E-state index contributed by atoms with van der Waals surface area (Å²) < 4.78 is 0. The molecule has 0 heterocycles. The molecule has 2 aromatic carbocycles. The first-order valence-corrected chi connectivity index (χ1v) is 12.6. The Labute approximate surface area is 200 Å². The highest BCUT2D eigenvalue weighted by atomic mass is 32.2. The summed E-state index contributed by atoms with van der Waals surface area (Å²) in [5.41, 5.74) is 1.79. The number of nitrogens with zero attached hydrogens (tertiary/aromatic N) is 2. The Balaban J connectivity index is 1.88. The van der Waals surface area contributed by atoms with E-state index < -0.39 is 10.9 Å². The highest BCUT2D eigenvalue weighted by Gasteiger charge is 2.08. The van der Waals surface area contributed by atoms with E-state index in [1.807, 2.05) is 24.3 Å². The Morgan fingerprint density at radius 1 is 0.879 bits per heavy atom. The van der Waals surface area contributed by atoms with E-state index in [1.165, 1.54) is 75.8 Å². The van der Waals surface area contributed by atoms with Gasteiger partial charge < -0.3 is 4.84 Å². The summed E-state index contributed by atoms with van der Waals surface area (Å²) in [5.74, 6) is -0.426. The summed E-state index contributed by atoms with van der Waals surface area (Å²) in [6.07, 6.45) is 12.0. The van der Waals surface area contributed by atoms with Crippen molar-refractivity contribution in [1.82, 2.24) is 0 Å². The molecule has 0 spiro atoms.